The summed E-state index contributed by atoms with van der Waals surface area (Å²) in [6.45, 7) is 0.0545. The number of nitrogens with one attached hydrogen (secondary N) is 1. The van der Waals surface area contributed by atoms with Crippen LogP contribution in [0.2, 0.25) is 0 Å². The molecule has 7 nitrogen and oxygen atoms in total. The third kappa shape index (κ3) is 3.67. The zero-order chi connectivity index (χ0) is 15.4. The molecule has 1 aliphatic rings. The van der Waals surface area contributed by atoms with Crippen LogP contribution in [0.25, 0.3) is 11.4 Å². The smallest absolute Gasteiger partial charge is 0.243 e. The molecule has 2 N–H and O–H groups in total. The van der Waals surface area contributed by atoms with E-state index in [1.807, 2.05) is 30.3 Å². The third-order valence-corrected chi connectivity index (χ3v) is 3.83. The monoisotopic (exact) mass is 301 g/mol. The summed E-state index contributed by atoms with van der Waals surface area (Å²) >= 11 is 0. The van der Waals surface area contributed by atoms with Gasteiger partial charge in [0.15, 0.2) is 0 Å². The zero-order valence-electron chi connectivity index (χ0n) is 12.2. The third-order valence-electron chi connectivity index (χ3n) is 3.83. The van der Waals surface area contributed by atoms with Gasteiger partial charge in [0, 0.05) is 11.6 Å². The molecule has 1 amide bonds. The number of aliphatic hydroxyl groups excluding tert-OH is 1. The van der Waals surface area contributed by atoms with Gasteiger partial charge in [-0.25, -0.2) is 0 Å². The van der Waals surface area contributed by atoms with Gasteiger partial charge in [0.25, 0.3) is 0 Å². The Bertz CT molecular complexity index is 620. The van der Waals surface area contributed by atoms with E-state index in [4.69, 9.17) is 0 Å². The lowest BCUT2D eigenvalue weighted by molar-refractivity contribution is -0.123. The quantitative estimate of drug-likeness (QED) is 0.869. The molecular formula is C15H19N5O2. The lowest BCUT2D eigenvalue weighted by atomic mass is 9.93. The normalized spacial score (nSPS) is 21.5. The molecule has 1 aliphatic carbocycles. The van der Waals surface area contributed by atoms with Gasteiger partial charge < -0.3 is 10.4 Å². The van der Waals surface area contributed by atoms with Gasteiger partial charge in [-0.15, -0.1) is 10.2 Å². The average Bonchev–Trinajstić information content (AvgIpc) is 2.99. The molecule has 0 aliphatic heterocycles. The second kappa shape index (κ2) is 6.65. The number of benzene rings is 1. The van der Waals surface area contributed by atoms with Gasteiger partial charge in [-0.1, -0.05) is 30.3 Å². The molecule has 0 spiro atoms. The van der Waals surface area contributed by atoms with Gasteiger partial charge in [0.05, 0.1) is 6.10 Å². The maximum absolute atomic E-state index is 12.0. The summed E-state index contributed by atoms with van der Waals surface area (Å²) in [6.07, 6.45) is 2.88. The van der Waals surface area contributed by atoms with E-state index in [2.05, 4.69) is 20.7 Å². The predicted molar refractivity (Wildman–Crippen MR) is 79.7 cm³/mol. The van der Waals surface area contributed by atoms with Crippen LogP contribution in [0.3, 0.4) is 0 Å². The van der Waals surface area contributed by atoms with Gasteiger partial charge >= 0.3 is 0 Å². The first-order valence-electron chi connectivity index (χ1n) is 7.51. The highest BCUT2D eigenvalue weighted by molar-refractivity contribution is 5.75. The Balaban J connectivity index is 1.55. The Hall–Kier alpha value is -2.28. The second-order valence-electron chi connectivity index (χ2n) is 5.58. The number of carbonyl (C=O) groups is 1. The van der Waals surface area contributed by atoms with Crippen molar-refractivity contribution in [3.63, 3.8) is 0 Å². The number of carbonyl (C=O) groups excluding carboxylic acids is 1. The number of hydrogen-bond donors (Lipinski definition) is 2. The topological polar surface area (TPSA) is 92.9 Å². The van der Waals surface area contributed by atoms with Crippen LogP contribution in [0.15, 0.2) is 30.3 Å². The van der Waals surface area contributed by atoms with Crippen molar-refractivity contribution in [2.45, 2.75) is 44.4 Å². The van der Waals surface area contributed by atoms with E-state index < -0.39 is 0 Å². The lowest BCUT2D eigenvalue weighted by Gasteiger charge is -2.25. The molecule has 1 saturated carbocycles. The Labute approximate surface area is 128 Å². The fourth-order valence-electron chi connectivity index (χ4n) is 2.63. The number of rotatable bonds is 4. The Morgan fingerprint density at radius 2 is 1.95 bits per heavy atom. The molecule has 1 aromatic carbocycles. The molecular weight excluding hydrogens is 282 g/mol. The van der Waals surface area contributed by atoms with Gasteiger partial charge in [0.1, 0.15) is 6.54 Å². The molecule has 1 heterocycles. The summed E-state index contributed by atoms with van der Waals surface area (Å²) in [5, 5.41) is 24.5. The summed E-state index contributed by atoms with van der Waals surface area (Å²) in [5.74, 6) is 0.382. The first kappa shape index (κ1) is 14.6. The molecule has 2 aromatic rings. The predicted octanol–water partition coefficient (Wildman–Crippen LogP) is 0.760. The maximum Gasteiger partial charge on any atom is 0.243 e. The number of nitrogens with zero attached hydrogens (tertiary/aromatic N) is 4. The highest BCUT2D eigenvalue weighted by atomic mass is 16.3. The maximum atomic E-state index is 12.0. The summed E-state index contributed by atoms with van der Waals surface area (Å²) in [7, 11) is 0. The van der Waals surface area contributed by atoms with E-state index in [1.54, 1.807) is 0 Å². The molecule has 22 heavy (non-hydrogen) atoms. The summed E-state index contributed by atoms with van der Waals surface area (Å²) < 4.78 is 0. The second-order valence-corrected chi connectivity index (χ2v) is 5.58. The van der Waals surface area contributed by atoms with E-state index in [-0.39, 0.29) is 24.6 Å². The Kier molecular flexibility index (Phi) is 4.43. The van der Waals surface area contributed by atoms with Crippen molar-refractivity contribution >= 4 is 5.91 Å². The SMILES string of the molecule is O=C(Cn1nnc(-c2ccccc2)n1)NC1CCC(O)CC1. The highest BCUT2D eigenvalue weighted by Crippen LogP contribution is 2.18. The van der Waals surface area contributed by atoms with Gasteiger partial charge in [0.2, 0.25) is 11.7 Å². The van der Waals surface area contributed by atoms with Gasteiger partial charge in [-0.2, -0.15) is 4.80 Å². The van der Waals surface area contributed by atoms with Crippen molar-refractivity contribution in [3.8, 4) is 11.4 Å². The minimum Gasteiger partial charge on any atom is -0.393 e. The zero-order valence-corrected chi connectivity index (χ0v) is 12.2. The summed E-state index contributed by atoms with van der Waals surface area (Å²) in [6, 6.07) is 9.65. The molecule has 0 saturated heterocycles. The van der Waals surface area contributed by atoms with Gasteiger partial charge in [-0.3, -0.25) is 4.79 Å². The number of amides is 1. The fraction of sp³-hybridized carbons (Fsp3) is 0.467. The van der Waals surface area contributed by atoms with Gasteiger partial charge in [-0.05, 0) is 30.9 Å². The number of tetrazole rings is 1. The van der Waals surface area contributed by atoms with Crippen molar-refractivity contribution < 1.29 is 9.90 Å². The van der Waals surface area contributed by atoms with Crippen molar-refractivity contribution in [2.75, 3.05) is 0 Å². The van der Waals surface area contributed by atoms with Crippen molar-refractivity contribution in [2.24, 2.45) is 0 Å². The number of aliphatic hydroxyl groups is 1. The molecule has 0 bridgehead atoms. The minimum absolute atomic E-state index is 0.0545. The van der Waals surface area contributed by atoms with Crippen LogP contribution in [-0.2, 0) is 11.3 Å². The van der Waals surface area contributed by atoms with Crippen molar-refractivity contribution in [3.05, 3.63) is 30.3 Å². The fourth-order valence-corrected chi connectivity index (χ4v) is 2.63. The standard InChI is InChI=1S/C15H19N5O2/c21-13-8-6-12(7-9-13)16-14(22)10-20-18-15(17-19-20)11-4-2-1-3-5-11/h1-5,12-13,21H,6-10H2,(H,16,22). The van der Waals surface area contributed by atoms with Crippen LogP contribution in [0.4, 0.5) is 0 Å². The molecule has 1 fully saturated rings. The summed E-state index contributed by atoms with van der Waals surface area (Å²) in [5.41, 5.74) is 0.871. The molecule has 0 unspecified atom stereocenters. The first-order valence-corrected chi connectivity index (χ1v) is 7.51. The minimum atomic E-state index is -0.224. The Morgan fingerprint density at radius 3 is 2.68 bits per heavy atom. The van der Waals surface area contributed by atoms with E-state index in [0.29, 0.717) is 5.82 Å². The number of hydrogen-bond acceptors (Lipinski definition) is 5. The van der Waals surface area contributed by atoms with Crippen molar-refractivity contribution in [1.82, 2.24) is 25.5 Å². The highest BCUT2D eigenvalue weighted by Gasteiger charge is 2.21. The van der Waals surface area contributed by atoms with E-state index in [1.165, 1.54) is 4.80 Å². The molecule has 1 aromatic heterocycles. The van der Waals surface area contributed by atoms with Crippen LogP contribution < -0.4 is 5.32 Å². The molecule has 3 rings (SSSR count). The van der Waals surface area contributed by atoms with E-state index in [9.17, 15) is 9.90 Å². The van der Waals surface area contributed by atoms with E-state index >= 15 is 0 Å². The van der Waals surface area contributed by atoms with Crippen LogP contribution in [-0.4, -0.2) is 43.4 Å². The Morgan fingerprint density at radius 1 is 1.23 bits per heavy atom. The van der Waals surface area contributed by atoms with E-state index in [0.717, 1.165) is 31.2 Å². The van der Waals surface area contributed by atoms with Crippen LogP contribution in [0.1, 0.15) is 25.7 Å². The molecule has 0 radical (unpaired) electrons. The van der Waals surface area contributed by atoms with Crippen LogP contribution in [0.5, 0.6) is 0 Å². The lowest BCUT2D eigenvalue weighted by Crippen LogP contribution is -2.40. The molecule has 0 atom stereocenters. The molecule has 116 valence electrons. The van der Waals surface area contributed by atoms with Crippen molar-refractivity contribution in [1.29, 1.82) is 0 Å². The first-order chi connectivity index (χ1) is 10.7. The molecule has 7 heteroatoms. The number of aromatic nitrogens is 4. The average molecular weight is 301 g/mol. The largest absolute Gasteiger partial charge is 0.393 e. The van der Waals surface area contributed by atoms with Crippen LogP contribution in [0, 0.1) is 0 Å². The van der Waals surface area contributed by atoms with Crippen LogP contribution >= 0.6 is 0 Å². The summed E-state index contributed by atoms with van der Waals surface area (Å²) in [4.78, 5) is 13.3.